The monoisotopic (exact) mass is 365 g/mol. The van der Waals surface area contributed by atoms with E-state index in [1.54, 1.807) is 12.1 Å². The van der Waals surface area contributed by atoms with E-state index in [0.29, 0.717) is 13.1 Å². The third-order valence-corrected chi connectivity index (χ3v) is 5.10. The van der Waals surface area contributed by atoms with Crippen LogP contribution in [-0.4, -0.2) is 46.5 Å². The van der Waals surface area contributed by atoms with Crippen LogP contribution in [0.3, 0.4) is 0 Å². The topological polar surface area (TPSA) is 92.6 Å². The molecule has 1 aromatic carbocycles. The van der Waals surface area contributed by atoms with Crippen LogP contribution in [0, 0.1) is 16.0 Å². The molecular weight excluding hydrogens is 342 g/mol. The normalized spacial score (nSPS) is 15.2. The molecule has 136 valence electrons. The molecule has 0 unspecified atom stereocenters. The summed E-state index contributed by atoms with van der Waals surface area (Å²) < 4.78 is 0. The lowest BCUT2D eigenvalue weighted by atomic mass is 10.0. The first-order valence-electron chi connectivity index (χ1n) is 8.32. The number of nitro benzene ring substituents is 1. The highest BCUT2D eigenvalue weighted by atomic mass is 32.2. The maximum atomic E-state index is 12.1. The van der Waals surface area contributed by atoms with E-state index in [4.69, 9.17) is 0 Å². The number of thioether (sulfide) groups is 1. The maximum Gasteiger partial charge on any atom is 0.269 e. The second-order valence-electron chi connectivity index (χ2n) is 6.36. The number of nitrogens with zero attached hydrogens (tertiary/aromatic N) is 2. The lowest BCUT2D eigenvalue weighted by molar-refractivity contribution is -0.384. The van der Waals surface area contributed by atoms with Gasteiger partial charge in [-0.3, -0.25) is 19.7 Å². The number of likely N-dealkylation sites (tertiary alicyclic amines) is 1. The van der Waals surface area contributed by atoms with Gasteiger partial charge in [-0.15, -0.1) is 11.8 Å². The summed E-state index contributed by atoms with van der Waals surface area (Å²) in [5.74, 6) is 0.378. The molecule has 1 saturated heterocycles. The van der Waals surface area contributed by atoms with E-state index in [2.05, 4.69) is 5.32 Å². The summed E-state index contributed by atoms with van der Waals surface area (Å²) in [7, 11) is 0. The van der Waals surface area contributed by atoms with E-state index >= 15 is 0 Å². The summed E-state index contributed by atoms with van der Waals surface area (Å²) in [6.45, 7) is 5.14. The Morgan fingerprint density at radius 1 is 1.28 bits per heavy atom. The molecule has 0 spiro atoms. The minimum atomic E-state index is -0.447. The third-order valence-electron chi connectivity index (χ3n) is 4.08. The number of nitrogens with one attached hydrogen (secondary N) is 1. The van der Waals surface area contributed by atoms with Crippen LogP contribution in [0.25, 0.3) is 0 Å². The molecule has 25 heavy (non-hydrogen) atoms. The standard InChI is InChI=1S/C17H23N3O4S/c1-12(2)17(22)19-9-7-13(8-10-19)18-16(21)11-25-15-5-3-14(4-6-15)20(23)24/h3-6,12-13H,7-11H2,1-2H3,(H,18,21). The molecular formula is C17H23N3O4S. The van der Waals surface area contributed by atoms with Crippen molar-refractivity contribution in [2.24, 2.45) is 5.92 Å². The van der Waals surface area contributed by atoms with Crippen LogP contribution in [-0.2, 0) is 9.59 Å². The number of carbonyl (C=O) groups excluding carboxylic acids is 2. The predicted molar refractivity (Wildman–Crippen MR) is 96.4 cm³/mol. The van der Waals surface area contributed by atoms with Crippen LogP contribution in [0.1, 0.15) is 26.7 Å². The summed E-state index contributed by atoms with van der Waals surface area (Å²) in [5, 5.41) is 13.6. The summed E-state index contributed by atoms with van der Waals surface area (Å²) in [6, 6.07) is 6.25. The molecule has 0 radical (unpaired) electrons. The molecule has 0 bridgehead atoms. The van der Waals surface area contributed by atoms with Crippen molar-refractivity contribution in [2.75, 3.05) is 18.8 Å². The minimum absolute atomic E-state index is 0.00392. The highest BCUT2D eigenvalue weighted by Crippen LogP contribution is 2.21. The molecule has 0 aliphatic carbocycles. The largest absolute Gasteiger partial charge is 0.353 e. The Labute approximate surface area is 151 Å². The van der Waals surface area contributed by atoms with Gasteiger partial charge in [-0.1, -0.05) is 13.8 Å². The number of carbonyl (C=O) groups is 2. The van der Waals surface area contributed by atoms with Crippen molar-refractivity contribution in [3.8, 4) is 0 Å². The fraction of sp³-hybridized carbons (Fsp3) is 0.529. The lowest BCUT2D eigenvalue weighted by Gasteiger charge is -2.33. The molecule has 2 amide bonds. The third kappa shape index (κ3) is 5.74. The second-order valence-corrected chi connectivity index (χ2v) is 7.41. The van der Waals surface area contributed by atoms with Gasteiger partial charge in [0.2, 0.25) is 11.8 Å². The van der Waals surface area contributed by atoms with Crippen LogP contribution < -0.4 is 5.32 Å². The maximum absolute atomic E-state index is 12.1. The Bertz CT molecular complexity index is 625. The molecule has 0 saturated carbocycles. The highest BCUT2D eigenvalue weighted by molar-refractivity contribution is 8.00. The van der Waals surface area contributed by atoms with E-state index in [0.717, 1.165) is 17.7 Å². The quantitative estimate of drug-likeness (QED) is 0.475. The van der Waals surface area contributed by atoms with Crippen LogP contribution in [0.15, 0.2) is 29.2 Å². The number of hydrogen-bond donors (Lipinski definition) is 1. The van der Waals surface area contributed by atoms with Crippen LogP contribution in [0.5, 0.6) is 0 Å². The Hall–Kier alpha value is -2.09. The molecule has 1 N–H and O–H groups in total. The van der Waals surface area contributed by atoms with Crippen molar-refractivity contribution in [3.63, 3.8) is 0 Å². The average molecular weight is 365 g/mol. The van der Waals surface area contributed by atoms with Crippen molar-refractivity contribution in [1.82, 2.24) is 10.2 Å². The molecule has 7 nitrogen and oxygen atoms in total. The molecule has 1 aliphatic heterocycles. The van der Waals surface area contributed by atoms with Gasteiger partial charge in [0.15, 0.2) is 0 Å². The Morgan fingerprint density at radius 2 is 1.88 bits per heavy atom. The minimum Gasteiger partial charge on any atom is -0.353 e. The van der Waals surface area contributed by atoms with Crippen LogP contribution >= 0.6 is 11.8 Å². The smallest absolute Gasteiger partial charge is 0.269 e. The van der Waals surface area contributed by atoms with Crippen molar-refractivity contribution < 1.29 is 14.5 Å². The number of rotatable bonds is 6. The second kappa shape index (κ2) is 8.84. The number of non-ortho nitro benzene ring substituents is 1. The van der Waals surface area contributed by atoms with Crippen molar-refractivity contribution >= 4 is 29.3 Å². The van der Waals surface area contributed by atoms with Gasteiger partial charge in [-0.05, 0) is 25.0 Å². The average Bonchev–Trinajstić information content (AvgIpc) is 2.60. The Balaban J connectivity index is 1.72. The zero-order valence-electron chi connectivity index (χ0n) is 14.4. The van der Waals surface area contributed by atoms with Gasteiger partial charge in [0.05, 0.1) is 10.7 Å². The molecule has 1 heterocycles. The number of hydrogen-bond acceptors (Lipinski definition) is 5. The van der Waals surface area contributed by atoms with Gasteiger partial charge in [0, 0.05) is 42.1 Å². The molecule has 2 rings (SSSR count). The number of nitro groups is 1. The molecule has 0 aromatic heterocycles. The summed E-state index contributed by atoms with van der Waals surface area (Å²) >= 11 is 1.35. The Morgan fingerprint density at radius 3 is 2.40 bits per heavy atom. The van der Waals surface area contributed by atoms with E-state index < -0.39 is 4.92 Å². The summed E-state index contributed by atoms with van der Waals surface area (Å²) in [4.78, 5) is 36.9. The Kier molecular flexibility index (Phi) is 6.81. The summed E-state index contributed by atoms with van der Waals surface area (Å²) in [5.41, 5.74) is 0.0384. The van der Waals surface area contributed by atoms with E-state index in [1.165, 1.54) is 23.9 Å². The molecule has 1 aromatic rings. The van der Waals surface area contributed by atoms with E-state index in [1.807, 2.05) is 18.7 Å². The molecule has 1 fully saturated rings. The fourth-order valence-electron chi connectivity index (χ4n) is 2.69. The first kappa shape index (κ1) is 19.2. The zero-order valence-corrected chi connectivity index (χ0v) is 15.3. The van der Waals surface area contributed by atoms with Gasteiger partial charge < -0.3 is 10.2 Å². The lowest BCUT2D eigenvalue weighted by Crippen LogP contribution is -2.47. The predicted octanol–water partition coefficient (Wildman–Crippen LogP) is 2.45. The number of amides is 2. The molecule has 1 aliphatic rings. The van der Waals surface area contributed by atoms with Crippen LogP contribution in [0.4, 0.5) is 5.69 Å². The first-order chi connectivity index (χ1) is 11.9. The van der Waals surface area contributed by atoms with E-state index in [-0.39, 0.29) is 35.2 Å². The van der Waals surface area contributed by atoms with Crippen molar-refractivity contribution in [3.05, 3.63) is 34.4 Å². The number of piperidine rings is 1. The first-order valence-corrected chi connectivity index (χ1v) is 9.30. The van der Waals surface area contributed by atoms with Gasteiger partial charge in [0.25, 0.3) is 5.69 Å². The summed E-state index contributed by atoms with van der Waals surface area (Å²) in [6.07, 6.45) is 1.54. The number of benzene rings is 1. The van der Waals surface area contributed by atoms with Crippen molar-refractivity contribution in [2.45, 2.75) is 37.6 Å². The van der Waals surface area contributed by atoms with E-state index in [9.17, 15) is 19.7 Å². The van der Waals surface area contributed by atoms with Gasteiger partial charge in [-0.2, -0.15) is 0 Å². The van der Waals surface area contributed by atoms with Crippen molar-refractivity contribution in [1.29, 1.82) is 0 Å². The molecule has 0 atom stereocenters. The van der Waals surface area contributed by atoms with Gasteiger partial charge in [-0.25, -0.2) is 0 Å². The molecule has 8 heteroatoms. The zero-order chi connectivity index (χ0) is 18.4. The van der Waals surface area contributed by atoms with Gasteiger partial charge >= 0.3 is 0 Å². The highest BCUT2D eigenvalue weighted by Gasteiger charge is 2.25. The van der Waals surface area contributed by atoms with Crippen LogP contribution in [0.2, 0.25) is 0 Å². The fourth-order valence-corrected chi connectivity index (χ4v) is 3.40. The SMILES string of the molecule is CC(C)C(=O)N1CCC(NC(=O)CSc2ccc([N+](=O)[O-])cc2)CC1. The van der Waals surface area contributed by atoms with Gasteiger partial charge in [0.1, 0.15) is 0 Å².